The Kier molecular flexibility index (Phi) is 6.81. The van der Waals surface area contributed by atoms with Crippen molar-refractivity contribution in [3.8, 4) is 0 Å². The Morgan fingerprint density at radius 2 is 1.97 bits per heavy atom. The number of nitrogens with one attached hydrogen (secondary N) is 1. The minimum atomic E-state index is -0.446. The number of thioether (sulfide) groups is 1. The van der Waals surface area contributed by atoms with Gasteiger partial charge >= 0.3 is 0 Å². The lowest BCUT2D eigenvalue weighted by atomic mass is 9.90. The number of nitrogens with zero attached hydrogens (tertiary/aromatic N) is 5. The molecule has 4 heterocycles. The van der Waals surface area contributed by atoms with Crippen molar-refractivity contribution in [2.24, 2.45) is 16.8 Å². The fourth-order valence-electron chi connectivity index (χ4n) is 5.75. The lowest BCUT2D eigenvalue weighted by molar-refractivity contribution is -0.120. The number of dihydropyridines is 1. The molecule has 1 saturated carbocycles. The van der Waals surface area contributed by atoms with E-state index in [0.29, 0.717) is 17.2 Å². The lowest BCUT2D eigenvalue weighted by Gasteiger charge is -2.36. The van der Waals surface area contributed by atoms with E-state index in [1.807, 2.05) is 26.2 Å². The zero-order chi connectivity index (χ0) is 24.7. The number of carbonyl (C=O) groups is 2. The maximum absolute atomic E-state index is 13.5. The number of rotatable bonds is 7. The average molecular weight is 495 g/mol. The minimum absolute atomic E-state index is 0.198. The van der Waals surface area contributed by atoms with Gasteiger partial charge < -0.3 is 14.8 Å². The Labute approximate surface area is 210 Å². The molecule has 1 unspecified atom stereocenters. The number of aromatic nitrogens is 3. The number of aliphatic imine (C=N–C) groups is 1. The van der Waals surface area contributed by atoms with Gasteiger partial charge in [0, 0.05) is 41.1 Å². The zero-order valence-electron chi connectivity index (χ0n) is 21.0. The highest BCUT2D eigenvalue weighted by molar-refractivity contribution is 8.02. The van der Waals surface area contributed by atoms with Gasteiger partial charge in [0.15, 0.2) is 0 Å². The van der Waals surface area contributed by atoms with Crippen LogP contribution in [-0.4, -0.2) is 68.9 Å². The maximum atomic E-state index is 13.5. The molecule has 2 aromatic rings. The van der Waals surface area contributed by atoms with Crippen molar-refractivity contribution in [3.05, 3.63) is 34.8 Å². The second-order valence-corrected chi connectivity index (χ2v) is 10.9. The number of fused-ring (bicyclic) bond motifs is 1. The van der Waals surface area contributed by atoms with Crippen LogP contribution in [0.5, 0.6) is 0 Å². The van der Waals surface area contributed by atoms with Crippen molar-refractivity contribution in [1.29, 1.82) is 0 Å². The molecule has 1 aliphatic carbocycles. The van der Waals surface area contributed by atoms with Crippen molar-refractivity contribution in [2.75, 3.05) is 25.9 Å². The third kappa shape index (κ3) is 4.68. The van der Waals surface area contributed by atoms with Gasteiger partial charge in [-0.3, -0.25) is 9.59 Å². The molecule has 0 aromatic carbocycles. The van der Waals surface area contributed by atoms with Gasteiger partial charge in [-0.05, 0) is 77.8 Å². The third-order valence-corrected chi connectivity index (χ3v) is 8.72. The summed E-state index contributed by atoms with van der Waals surface area (Å²) in [6.07, 6.45) is 12.2. The second kappa shape index (κ2) is 9.85. The minimum Gasteiger partial charge on any atom is -0.351 e. The van der Waals surface area contributed by atoms with Crippen molar-refractivity contribution in [1.82, 2.24) is 24.8 Å². The van der Waals surface area contributed by atoms with Crippen LogP contribution in [0.2, 0.25) is 0 Å². The molecule has 0 radical (unpaired) electrons. The molecule has 1 saturated heterocycles. The van der Waals surface area contributed by atoms with Crippen LogP contribution in [0.4, 0.5) is 0 Å². The summed E-state index contributed by atoms with van der Waals surface area (Å²) in [6, 6.07) is 1.05. The Hall–Kier alpha value is -2.52. The van der Waals surface area contributed by atoms with Crippen LogP contribution in [0.3, 0.4) is 0 Å². The molecule has 5 rings (SSSR count). The van der Waals surface area contributed by atoms with Crippen molar-refractivity contribution < 1.29 is 9.59 Å². The first kappa shape index (κ1) is 24.2. The average Bonchev–Trinajstić information content (AvgIpc) is 3.65. The Balaban J connectivity index is 1.37. The SMILES string of the molecule is CSC1=CC(C)=NC(=O)C1CNC(=O)c1c(C)n([C@H](C)C2CCN(C3CC3)CC2)c2ncncc12. The summed E-state index contributed by atoms with van der Waals surface area (Å²) in [6.45, 7) is 8.60. The van der Waals surface area contributed by atoms with Crippen LogP contribution >= 0.6 is 11.8 Å². The van der Waals surface area contributed by atoms with Crippen LogP contribution in [0.1, 0.15) is 61.6 Å². The fourth-order valence-corrected chi connectivity index (χ4v) is 6.51. The molecule has 1 N–H and O–H groups in total. The number of likely N-dealkylation sites (tertiary alicyclic amines) is 1. The molecule has 186 valence electrons. The van der Waals surface area contributed by atoms with Gasteiger partial charge in [0.1, 0.15) is 12.0 Å². The van der Waals surface area contributed by atoms with Gasteiger partial charge in [-0.15, -0.1) is 11.8 Å². The summed E-state index contributed by atoms with van der Waals surface area (Å²) >= 11 is 1.52. The van der Waals surface area contributed by atoms with Gasteiger partial charge in [-0.25, -0.2) is 15.0 Å². The largest absolute Gasteiger partial charge is 0.351 e. The molecule has 2 aliphatic heterocycles. The lowest BCUT2D eigenvalue weighted by Crippen LogP contribution is -2.37. The molecule has 0 bridgehead atoms. The highest BCUT2D eigenvalue weighted by atomic mass is 32.2. The van der Waals surface area contributed by atoms with E-state index in [2.05, 4.69) is 36.7 Å². The van der Waals surface area contributed by atoms with Crippen molar-refractivity contribution in [3.63, 3.8) is 0 Å². The predicted octanol–water partition coefficient (Wildman–Crippen LogP) is 3.77. The highest BCUT2D eigenvalue weighted by Gasteiger charge is 2.35. The van der Waals surface area contributed by atoms with E-state index in [4.69, 9.17) is 0 Å². The van der Waals surface area contributed by atoms with Crippen LogP contribution in [0, 0.1) is 18.8 Å². The smallest absolute Gasteiger partial charge is 0.255 e. The topological polar surface area (TPSA) is 92.5 Å². The molecule has 2 aromatic heterocycles. The molecule has 0 spiro atoms. The number of hydrogen-bond acceptors (Lipinski definition) is 6. The first-order valence-corrected chi connectivity index (χ1v) is 13.8. The summed E-state index contributed by atoms with van der Waals surface area (Å²) in [5.41, 5.74) is 3.01. The summed E-state index contributed by atoms with van der Waals surface area (Å²) < 4.78 is 2.23. The third-order valence-electron chi connectivity index (χ3n) is 7.85. The van der Waals surface area contributed by atoms with Gasteiger partial charge in [0.2, 0.25) is 0 Å². The summed E-state index contributed by atoms with van der Waals surface area (Å²) in [7, 11) is 0. The first-order valence-electron chi connectivity index (χ1n) is 12.6. The van der Waals surface area contributed by atoms with E-state index in [9.17, 15) is 9.59 Å². The molecular weight excluding hydrogens is 460 g/mol. The van der Waals surface area contributed by atoms with E-state index < -0.39 is 5.92 Å². The monoisotopic (exact) mass is 494 g/mol. The molecule has 3 aliphatic rings. The summed E-state index contributed by atoms with van der Waals surface area (Å²) in [4.78, 5) is 42.4. The number of allylic oxidation sites excluding steroid dienone is 1. The Bertz CT molecular complexity index is 1210. The van der Waals surface area contributed by atoms with Gasteiger partial charge in [-0.2, -0.15) is 0 Å². The fraction of sp³-hybridized carbons (Fsp3) is 0.577. The quantitative estimate of drug-likeness (QED) is 0.630. The van der Waals surface area contributed by atoms with Gasteiger partial charge in [0.25, 0.3) is 11.8 Å². The van der Waals surface area contributed by atoms with Crippen LogP contribution in [0.15, 0.2) is 28.5 Å². The normalized spacial score (nSPS) is 22.7. The van der Waals surface area contributed by atoms with E-state index in [-0.39, 0.29) is 24.4 Å². The number of hydrogen-bond donors (Lipinski definition) is 1. The van der Waals surface area contributed by atoms with Crippen LogP contribution < -0.4 is 5.32 Å². The van der Waals surface area contributed by atoms with Crippen LogP contribution in [0.25, 0.3) is 11.0 Å². The second-order valence-electron chi connectivity index (χ2n) is 10.0. The van der Waals surface area contributed by atoms with E-state index in [1.165, 1.54) is 24.6 Å². The Morgan fingerprint density at radius 1 is 1.23 bits per heavy atom. The van der Waals surface area contributed by atoms with Crippen molar-refractivity contribution >= 4 is 40.3 Å². The summed E-state index contributed by atoms with van der Waals surface area (Å²) in [5, 5.41) is 3.77. The van der Waals surface area contributed by atoms with E-state index >= 15 is 0 Å². The van der Waals surface area contributed by atoms with Crippen molar-refractivity contribution in [2.45, 2.75) is 58.5 Å². The molecule has 35 heavy (non-hydrogen) atoms. The molecule has 8 nitrogen and oxygen atoms in total. The number of amides is 2. The standard InChI is InChI=1S/C26H34N6O2S/c1-15-11-22(35-4)20(25(33)30-15)13-28-26(34)23-17(3)32(24-21(23)12-27-14-29-24)16(2)18-7-9-31(10-8-18)19-5-6-19/h11-12,14,16,18-20H,5-10,13H2,1-4H3,(H,28,34)/t16-,20?/m1/s1. The first-order chi connectivity index (χ1) is 16.9. The Morgan fingerprint density at radius 3 is 2.66 bits per heavy atom. The molecule has 2 atom stereocenters. The van der Waals surface area contributed by atoms with Gasteiger partial charge in [-0.1, -0.05) is 0 Å². The highest BCUT2D eigenvalue weighted by Crippen LogP contribution is 2.37. The van der Waals surface area contributed by atoms with Gasteiger partial charge in [0.05, 0.1) is 16.9 Å². The van der Waals surface area contributed by atoms with E-state index in [0.717, 1.165) is 53.6 Å². The zero-order valence-corrected chi connectivity index (χ0v) is 21.8. The maximum Gasteiger partial charge on any atom is 0.255 e. The molecular formula is C26H34N6O2S. The molecule has 2 fully saturated rings. The molecule has 2 amide bonds. The summed E-state index contributed by atoms with van der Waals surface area (Å²) in [5.74, 6) is -0.307. The molecule has 9 heteroatoms. The van der Waals surface area contributed by atoms with Crippen LogP contribution in [-0.2, 0) is 4.79 Å². The predicted molar refractivity (Wildman–Crippen MR) is 140 cm³/mol. The number of piperidine rings is 1. The van der Waals surface area contributed by atoms with E-state index in [1.54, 1.807) is 12.5 Å². The number of carbonyl (C=O) groups excluding carboxylic acids is 2.